The SMILES string of the molecule is O=C(CCCCCN1C(=O)/C(=C/c2ccc3c(c2)OCO3)SC1=S)Nc1ncc(Cc2cccc(C(F)(F)F)c2)s1. The molecule has 5 rings (SSSR count). The van der Waals surface area contributed by atoms with E-state index < -0.39 is 11.7 Å². The van der Waals surface area contributed by atoms with Gasteiger partial charge in [0.05, 0.1) is 10.5 Å². The average molecular weight is 620 g/mol. The third kappa shape index (κ3) is 7.46. The van der Waals surface area contributed by atoms with Crippen LogP contribution in [0.5, 0.6) is 11.5 Å². The Hall–Kier alpha value is -3.42. The molecule has 0 spiro atoms. The molecule has 0 radical (unpaired) electrons. The molecule has 0 aliphatic carbocycles. The second-order valence-corrected chi connectivity index (χ2v) is 12.1. The molecule has 0 unspecified atom stereocenters. The number of rotatable bonds is 10. The highest BCUT2D eigenvalue weighted by atomic mass is 32.2. The van der Waals surface area contributed by atoms with Crippen molar-refractivity contribution < 1.29 is 32.2 Å². The number of thiazole rings is 1. The summed E-state index contributed by atoms with van der Waals surface area (Å²) in [4.78, 5) is 32.3. The van der Waals surface area contributed by atoms with Crippen LogP contribution in [0, 0.1) is 0 Å². The molecule has 7 nitrogen and oxygen atoms in total. The van der Waals surface area contributed by atoms with Crippen LogP contribution in [-0.4, -0.2) is 39.4 Å². The summed E-state index contributed by atoms with van der Waals surface area (Å²) in [6.07, 6.45) is 1.56. The predicted molar refractivity (Wildman–Crippen MR) is 156 cm³/mol. The fraction of sp³-hybridized carbons (Fsp3) is 0.286. The minimum atomic E-state index is -4.40. The number of nitrogens with zero attached hydrogens (tertiary/aromatic N) is 2. The van der Waals surface area contributed by atoms with Crippen LogP contribution in [0.25, 0.3) is 6.08 Å². The lowest BCUT2D eigenvalue weighted by molar-refractivity contribution is -0.137. The lowest BCUT2D eigenvalue weighted by Gasteiger charge is -2.14. The second kappa shape index (κ2) is 12.6. The van der Waals surface area contributed by atoms with Crippen molar-refractivity contribution in [2.75, 3.05) is 18.7 Å². The molecule has 41 heavy (non-hydrogen) atoms. The van der Waals surface area contributed by atoms with Crippen LogP contribution in [0.2, 0.25) is 0 Å². The molecule has 3 aromatic rings. The number of halogens is 3. The third-order valence-corrected chi connectivity index (χ3v) is 8.58. The van der Waals surface area contributed by atoms with Gasteiger partial charge in [0.25, 0.3) is 5.91 Å². The number of fused-ring (bicyclic) bond motifs is 1. The van der Waals surface area contributed by atoms with Crippen LogP contribution in [0.15, 0.2) is 53.6 Å². The van der Waals surface area contributed by atoms with Crippen molar-refractivity contribution in [3.8, 4) is 11.5 Å². The van der Waals surface area contributed by atoms with Gasteiger partial charge in [-0.15, -0.1) is 11.3 Å². The van der Waals surface area contributed by atoms with E-state index in [0.717, 1.165) is 29.0 Å². The number of hydrogen-bond acceptors (Lipinski definition) is 8. The number of carbonyl (C=O) groups is 2. The third-order valence-electron chi connectivity index (χ3n) is 6.29. The van der Waals surface area contributed by atoms with Gasteiger partial charge in [0, 0.05) is 30.5 Å². The molecule has 2 aliphatic heterocycles. The van der Waals surface area contributed by atoms with Crippen molar-refractivity contribution in [1.29, 1.82) is 0 Å². The molecule has 1 N–H and O–H groups in total. The molecule has 0 bridgehead atoms. The van der Waals surface area contributed by atoms with Crippen LogP contribution in [0.1, 0.15) is 47.3 Å². The average Bonchev–Trinajstić information content (AvgIpc) is 3.64. The quantitative estimate of drug-likeness (QED) is 0.151. The summed E-state index contributed by atoms with van der Waals surface area (Å²) in [7, 11) is 0. The van der Waals surface area contributed by atoms with Gasteiger partial charge in [-0.25, -0.2) is 4.98 Å². The minimum absolute atomic E-state index is 0.139. The zero-order chi connectivity index (χ0) is 29.0. The summed E-state index contributed by atoms with van der Waals surface area (Å²) in [5.74, 6) is 0.986. The zero-order valence-corrected chi connectivity index (χ0v) is 24.0. The van der Waals surface area contributed by atoms with E-state index in [1.165, 1.54) is 29.2 Å². The summed E-state index contributed by atoms with van der Waals surface area (Å²) in [6.45, 7) is 0.650. The van der Waals surface area contributed by atoms with Crippen molar-refractivity contribution in [2.45, 2.75) is 38.3 Å². The maximum absolute atomic E-state index is 12.9. The number of alkyl halides is 3. The normalized spacial score (nSPS) is 15.7. The molecule has 1 saturated heterocycles. The number of benzene rings is 2. The smallest absolute Gasteiger partial charge is 0.416 e. The number of carbonyl (C=O) groups excluding carboxylic acids is 2. The first-order valence-corrected chi connectivity index (χ1v) is 14.8. The maximum Gasteiger partial charge on any atom is 0.416 e. The lowest BCUT2D eigenvalue weighted by atomic mass is 10.1. The summed E-state index contributed by atoms with van der Waals surface area (Å²) < 4.78 is 50.1. The maximum atomic E-state index is 12.9. The van der Waals surface area contributed by atoms with Gasteiger partial charge in [-0.2, -0.15) is 13.2 Å². The largest absolute Gasteiger partial charge is 0.454 e. The van der Waals surface area contributed by atoms with Gasteiger partial charge in [-0.1, -0.05) is 54.7 Å². The van der Waals surface area contributed by atoms with E-state index in [-0.39, 0.29) is 25.0 Å². The number of unbranched alkanes of at least 4 members (excludes halogenated alkanes) is 2. The first kappa shape index (κ1) is 29.1. The Labute approximate surface area is 247 Å². The Morgan fingerprint density at radius 2 is 1.95 bits per heavy atom. The highest BCUT2D eigenvalue weighted by Crippen LogP contribution is 2.36. The van der Waals surface area contributed by atoms with Gasteiger partial charge in [0.2, 0.25) is 12.7 Å². The fourth-order valence-electron chi connectivity index (χ4n) is 4.27. The summed E-state index contributed by atoms with van der Waals surface area (Å²) >= 11 is 7.91. The Morgan fingerprint density at radius 1 is 1.12 bits per heavy atom. The second-order valence-electron chi connectivity index (χ2n) is 9.31. The lowest BCUT2D eigenvalue weighted by Crippen LogP contribution is -2.29. The number of nitrogens with one attached hydrogen (secondary N) is 1. The van der Waals surface area contributed by atoms with Crippen LogP contribution >= 0.6 is 35.3 Å². The van der Waals surface area contributed by atoms with Gasteiger partial charge >= 0.3 is 6.18 Å². The molecule has 0 saturated carbocycles. The van der Waals surface area contributed by atoms with Gasteiger partial charge < -0.3 is 14.8 Å². The van der Waals surface area contributed by atoms with Crippen LogP contribution in [0.3, 0.4) is 0 Å². The fourth-order valence-corrected chi connectivity index (χ4v) is 6.44. The van der Waals surface area contributed by atoms with Crippen molar-refractivity contribution >= 4 is 62.7 Å². The van der Waals surface area contributed by atoms with Gasteiger partial charge in [0.1, 0.15) is 4.32 Å². The van der Waals surface area contributed by atoms with Crippen LogP contribution in [-0.2, 0) is 22.2 Å². The topological polar surface area (TPSA) is 80.8 Å². The Balaban J connectivity index is 1.03. The number of hydrogen-bond donors (Lipinski definition) is 1. The highest BCUT2D eigenvalue weighted by molar-refractivity contribution is 8.26. The van der Waals surface area contributed by atoms with E-state index in [9.17, 15) is 22.8 Å². The van der Waals surface area contributed by atoms with E-state index in [4.69, 9.17) is 21.7 Å². The molecule has 3 heterocycles. The number of thioether (sulfide) groups is 1. The highest BCUT2D eigenvalue weighted by Gasteiger charge is 2.32. The molecule has 2 amide bonds. The molecule has 2 aliphatic rings. The molecule has 2 aromatic carbocycles. The zero-order valence-electron chi connectivity index (χ0n) is 21.5. The van der Waals surface area contributed by atoms with Crippen LogP contribution < -0.4 is 14.8 Å². The summed E-state index contributed by atoms with van der Waals surface area (Å²) in [5.41, 5.74) is 0.649. The van der Waals surface area contributed by atoms with E-state index in [2.05, 4.69) is 10.3 Å². The van der Waals surface area contributed by atoms with Gasteiger partial charge in [-0.3, -0.25) is 14.5 Å². The monoisotopic (exact) mass is 619 g/mol. The molecule has 1 fully saturated rings. The standard InChI is InChI=1S/C28H24F3N3O4S3/c29-28(30,31)19-6-4-5-17(11-19)12-20-15-32-26(40-20)33-24(35)7-2-1-3-10-34-25(36)23(41-27(34)39)14-18-8-9-21-22(13-18)38-16-37-21/h4-6,8-9,11,13-15H,1-3,7,10,12,16H2,(H,32,33,35)/b23-14-. The molecular weight excluding hydrogens is 596 g/mol. The molecule has 214 valence electrons. The van der Waals surface area contributed by atoms with Gasteiger partial charge in [-0.05, 0) is 48.2 Å². The van der Waals surface area contributed by atoms with Crippen molar-refractivity contribution in [1.82, 2.24) is 9.88 Å². The summed E-state index contributed by atoms with van der Waals surface area (Å²) in [5, 5.41) is 3.16. The van der Waals surface area contributed by atoms with Crippen LogP contribution in [0.4, 0.5) is 18.3 Å². The molecule has 1 aromatic heterocycles. The van der Waals surface area contributed by atoms with Crippen molar-refractivity contribution in [3.05, 3.63) is 75.1 Å². The molecular formula is C28H24F3N3O4S3. The Kier molecular flexibility index (Phi) is 8.95. The van der Waals surface area contributed by atoms with E-state index in [1.807, 2.05) is 12.1 Å². The first-order chi connectivity index (χ1) is 19.7. The first-order valence-electron chi connectivity index (χ1n) is 12.7. The molecule has 13 heteroatoms. The number of ether oxygens (including phenoxy) is 2. The molecule has 0 atom stereocenters. The number of anilines is 1. The minimum Gasteiger partial charge on any atom is -0.454 e. The number of thiocarbonyl (C=S) groups is 1. The number of aromatic nitrogens is 1. The Morgan fingerprint density at radius 3 is 2.78 bits per heavy atom. The van der Waals surface area contributed by atoms with E-state index in [0.29, 0.717) is 57.2 Å². The van der Waals surface area contributed by atoms with Crippen molar-refractivity contribution in [2.24, 2.45) is 0 Å². The predicted octanol–water partition coefficient (Wildman–Crippen LogP) is 6.88. The van der Waals surface area contributed by atoms with E-state index in [1.54, 1.807) is 29.3 Å². The Bertz CT molecular complexity index is 1510. The van der Waals surface area contributed by atoms with Gasteiger partial charge in [0.15, 0.2) is 16.6 Å². The summed E-state index contributed by atoms with van der Waals surface area (Å²) in [6, 6.07) is 10.6. The number of amides is 2. The van der Waals surface area contributed by atoms with E-state index >= 15 is 0 Å². The van der Waals surface area contributed by atoms with Crippen molar-refractivity contribution in [3.63, 3.8) is 0 Å².